The van der Waals surface area contributed by atoms with Gasteiger partial charge in [-0.15, -0.1) is 12.1 Å². The van der Waals surface area contributed by atoms with Gasteiger partial charge in [0.05, 0.1) is 34.1 Å². The second-order valence-electron chi connectivity index (χ2n) is 14.5. The molecule has 0 spiro atoms. The molecule has 12 aromatic rings. The normalized spacial score (nSPS) is 11.5. The van der Waals surface area contributed by atoms with Crippen LogP contribution in [0.15, 0.2) is 182 Å². The van der Waals surface area contributed by atoms with E-state index in [2.05, 4.69) is 118 Å². The van der Waals surface area contributed by atoms with Gasteiger partial charge in [-0.1, -0.05) is 179 Å². The van der Waals surface area contributed by atoms with E-state index in [1.54, 1.807) is 0 Å². The maximum Gasteiger partial charge on any atom is 2.00 e. The van der Waals surface area contributed by atoms with Crippen LogP contribution in [0.1, 0.15) is 0 Å². The number of benzene rings is 6. The molecule has 6 aromatic heterocycles. The summed E-state index contributed by atoms with van der Waals surface area (Å²) in [5.74, 6) is 1.08. The Labute approximate surface area is 358 Å². The van der Waals surface area contributed by atoms with Crippen LogP contribution in [0.4, 0.5) is 0 Å². The minimum Gasteiger partial charge on any atom is -0.497 e. The van der Waals surface area contributed by atoms with Gasteiger partial charge in [0.15, 0.2) is 0 Å². The molecular formula is C52H30N6OPt. The van der Waals surface area contributed by atoms with Gasteiger partial charge in [0.1, 0.15) is 11.3 Å². The molecule has 0 saturated heterocycles. The van der Waals surface area contributed by atoms with E-state index >= 15 is 0 Å². The van der Waals surface area contributed by atoms with E-state index in [9.17, 15) is 0 Å². The molecule has 0 saturated carbocycles. The summed E-state index contributed by atoms with van der Waals surface area (Å²) in [4.78, 5) is 20.6. The summed E-state index contributed by atoms with van der Waals surface area (Å²) in [5, 5.41) is 5.62. The van der Waals surface area contributed by atoms with Gasteiger partial charge in [0, 0.05) is 46.1 Å². The summed E-state index contributed by atoms with van der Waals surface area (Å²) >= 11 is 0. The number of hydrogen-bond donors (Lipinski definition) is 0. The van der Waals surface area contributed by atoms with E-state index in [1.807, 2.05) is 85.2 Å². The first-order chi connectivity index (χ1) is 29.3. The average molecular weight is 950 g/mol. The first-order valence-electron chi connectivity index (χ1n) is 19.5. The molecule has 6 heterocycles. The Balaban J connectivity index is 0.00000408. The maximum atomic E-state index is 6.71. The number of nitrogens with zero attached hydrogens (tertiary/aromatic N) is 6. The summed E-state index contributed by atoms with van der Waals surface area (Å²) in [5.41, 5.74) is 10.9. The van der Waals surface area contributed by atoms with E-state index in [0.29, 0.717) is 11.5 Å². The fraction of sp³-hybridized carbons (Fsp3) is 0. The van der Waals surface area contributed by atoms with E-state index in [-0.39, 0.29) is 21.1 Å². The van der Waals surface area contributed by atoms with E-state index in [1.165, 1.54) is 0 Å². The second-order valence-corrected chi connectivity index (χ2v) is 14.5. The largest absolute Gasteiger partial charge is 2.00 e. The van der Waals surface area contributed by atoms with Crippen LogP contribution in [0.5, 0.6) is 11.5 Å². The minimum atomic E-state index is 0. The molecule has 12 rings (SSSR count). The van der Waals surface area contributed by atoms with Crippen molar-refractivity contribution in [3.05, 3.63) is 194 Å². The van der Waals surface area contributed by atoms with E-state index < -0.39 is 0 Å². The van der Waals surface area contributed by atoms with Crippen molar-refractivity contribution >= 4 is 54.9 Å². The van der Waals surface area contributed by atoms with Crippen LogP contribution in [0.25, 0.3) is 99.9 Å². The molecule has 7 nitrogen and oxygen atoms in total. The number of fused-ring (bicyclic) bond motifs is 12. The summed E-state index contributed by atoms with van der Waals surface area (Å²) in [6, 6.07) is 64.9. The average Bonchev–Trinajstić information content (AvgIpc) is 3.92. The fourth-order valence-electron chi connectivity index (χ4n) is 8.47. The molecule has 0 radical (unpaired) electrons. The van der Waals surface area contributed by atoms with Gasteiger partial charge in [-0.25, -0.2) is 9.97 Å². The van der Waals surface area contributed by atoms with Crippen molar-refractivity contribution in [1.82, 2.24) is 28.7 Å². The zero-order valence-electron chi connectivity index (χ0n) is 31.7. The van der Waals surface area contributed by atoms with Crippen LogP contribution < -0.4 is 4.74 Å². The number of rotatable bonds is 6. The third-order valence-electron chi connectivity index (χ3n) is 11.0. The van der Waals surface area contributed by atoms with Crippen LogP contribution in [-0.2, 0) is 21.1 Å². The van der Waals surface area contributed by atoms with Crippen LogP contribution in [-0.4, -0.2) is 28.7 Å². The molecule has 0 aliphatic carbocycles. The Kier molecular flexibility index (Phi) is 8.57. The Morgan fingerprint density at radius 1 is 0.367 bits per heavy atom. The number of pyridine rings is 4. The molecule has 0 fully saturated rings. The fourth-order valence-corrected chi connectivity index (χ4v) is 8.47. The van der Waals surface area contributed by atoms with Gasteiger partial charge >= 0.3 is 21.1 Å². The van der Waals surface area contributed by atoms with Gasteiger partial charge in [-0.2, -0.15) is 0 Å². The molecular weight excluding hydrogens is 920 g/mol. The SMILES string of the molecule is [Pt+2].[c-]1c(Oc2[c-]c3c(cc2)c2cccnc2n2c(-c4ccccc4)c(-c4ccccc4)nc32)ccc2c1c1nc(-c3ccccc3)c(-c3ccccc3)n1c1ncccc21. The van der Waals surface area contributed by atoms with Crippen LogP contribution in [0, 0.1) is 12.1 Å². The maximum absolute atomic E-state index is 6.71. The van der Waals surface area contributed by atoms with Crippen molar-refractivity contribution in [2.45, 2.75) is 0 Å². The Morgan fingerprint density at radius 2 is 0.750 bits per heavy atom. The van der Waals surface area contributed by atoms with E-state index in [4.69, 9.17) is 24.7 Å². The van der Waals surface area contributed by atoms with Crippen molar-refractivity contribution in [3.8, 4) is 56.5 Å². The predicted octanol–water partition coefficient (Wildman–Crippen LogP) is 12.4. The van der Waals surface area contributed by atoms with Crippen LogP contribution >= 0.6 is 0 Å². The Morgan fingerprint density at radius 3 is 1.15 bits per heavy atom. The molecule has 284 valence electrons. The molecule has 60 heavy (non-hydrogen) atoms. The molecule has 0 aliphatic heterocycles. The Bertz CT molecular complexity index is 3330. The molecule has 0 atom stereocenters. The number of ether oxygens (including phenoxy) is 1. The first kappa shape index (κ1) is 35.7. The van der Waals surface area contributed by atoms with Crippen molar-refractivity contribution in [1.29, 1.82) is 0 Å². The summed E-state index contributed by atoms with van der Waals surface area (Å²) in [7, 11) is 0. The monoisotopic (exact) mass is 949 g/mol. The molecule has 0 N–H and O–H groups in total. The van der Waals surface area contributed by atoms with E-state index in [0.717, 1.165) is 99.9 Å². The third kappa shape index (κ3) is 5.62. The van der Waals surface area contributed by atoms with Gasteiger partial charge in [-0.3, -0.25) is 9.97 Å². The van der Waals surface area contributed by atoms with Crippen LogP contribution in [0.3, 0.4) is 0 Å². The van der Waals surface area contributed by atoms with Gasteiger partial charge in [-0.05, 0) is 22.9 Å². The van der Waals surface area contributed by atoms with Crippen LogP contribution in [0.2, 0.25) is 0 Å². The number of hydrogen-bond acceptors (Lipinski definition) is 5. The van der Waals surface area contributed by atoms with Crippen molar-refractivity contribution in [3.63, 3.8) is 0 Å². The minimum absolute atomic E-state index is 0. The van der Waals surface area contributed by atoms with Crippen molar-refractivity contribution in [2.75, 3.05) is 0 Å². The molecule has 0 amide bonds. The Hall–Kier alpha value is -7.47. The van der Waals surface area contributed by atoms with Crippen molar-refractivity contribution < 1.29 is 25.8 Å². The zero-order valence-corrected chi connectivity index (χ0v) is 34.0. The smallest absolute Gasteiger partial charge is 0.497 e. The van der Waals surface area contributed by atoms with Crippen molar-refractivity contribution in [2.24, 2.45) is 0 Å². The number of imidazole rings is 2. The third-order valence-corrected chi connectivity index (χ3v) is 11.0. The molecule has 8 heteroatoms. The molecule has 6 aromatic carbocycles. The zero-order chi connectivity index (χ0) is 38.9. The summed E-state index contributed by atoms with van der Waals surface area (Å²) < 4.78 is 11.0. The topological polar surface area (TPSA) is 69.6 Å². The quantitative estimate of drug-likeness (QED) is 0.123. The number of aromatic nitrogens is 6. The van der Waals surface area contributed by atoms with Gasteiger partial charge in [0.2, 0.25) is 0 Å². The molecule has 0 bridgehead atoms. The molecule has 0 aliphatic rings. The molecule has 0 unspecified atom stereocenters. The first-order valence-corrected chi connectivity index (χ1v) is 19.5. The predicted molar refractivity (Wildman–Crippen MR) is 235 cm³/mol. The van der Waals surface area contributed by atoms with Gasteiger partial charge < -0.3 is 13.5 Å². The summed E-state index contributed by atoms with van der Waals surface area (Å²) in [6.45, 7) is 0. The second kappa shape index (κ2) is 14.4. The summed E-state index contributed by atoms with van der Waals surface area (Å²) in [6.07, 6.45) is 3.67. The van der Waals surface area contributed by atoms with Gasteiger partial charge in [0.25, 0.3) is 0 Å². The standard InChI is InChI=1S/C52H30N6O.Pt/c1-5-15-33(16-6-1)45-47(35-19-9-3-10-20-35)57-49-41(23-13-29-53-49)39-27-25-37(31-43(39)51(57)55-45)59-38-26-28-40-42-24-14-30-54-50(42)58-48(36-21-11-4-12-22-36)46(34-17-7-2-8-18-34)56-52(58)44(40)32-38;/h1-30H;/q-2;+2.